The van der Waals surface area contributed by atoms with Crippen LogP contribution in [0.5, 0.6) is 0 Å². The maximum Gasteiger partial charge on any atom is 0.314 e. The molecule has 72 valence electrons. The molecule has 0 fully saturated rings. The molecule has 6 heteroatoms. The van der Waals surface area contributed by atoms with E-state index in [1.165, 1.54) is 11.3 Å². The molecule has 1 rings (SSSR count). The monoisotopic (exact) mass is 200 g/mol. The van der Waals surface area contributed by atoms with Crippen LogP contribution in [0.3, 0.4) is 0 Å². The van der Waals surface area contributed by atoms with Crippen LogP contribution in [-0.2, 0) is 0 Å². The van der Waals surface area contributed by atoms with Crippen molar-refractivity contribution in [1.29, 1.82) is 0 Å². The topological polar surface area (TPSA) is 66.1 Å². The van der Waals surface area contributed by atoms with Gasteiger partial charge >= 0.3 is 6.03 Å². The average molecular weight is 200 g/mol. The van der Waals surface area contributed by atoms with E-state index in [0.717, 1.165) is 5.13 Å². The van der Waals surface area contributed by atoms with Gasteiger partial charge in [-0.15, -0.1) is 11.3 Å². The molecule has 0 spiro atoms. The van der Waals surface area contributed by atoms with Crippen molar-refractivity contribution in [1.82, 2.24) is 15.6 Å². The number of thiazole rings is 1. The van der Waals surface area contributed by atoms with Gasteiger partial charge in [0.15, 0.2) is 5.13 Å². The second-order valence-electron chi connectivity index (χ2n) is 2.27. The van der Waals surface area contributed by atoms with E-state index in [2.05, 4.69) is 20.9 Å². The van der Waals surface area contributed by atoms with E-state index in [9.17, 15) is 4.79 Å². The Hall–Kier alpha value is -1.30. The molecule has 0 radical (unpaired) electrons. The summed E-state index contributed by atoms with van der Waals surface area (Å²) in [5.41, 5.74) is 0. The van der Waals surface area contributed by atoms with Gasteiger partial charge in [0.2, 0.25) is 0 Å². The van der Waals surface area contributed by atoms with Gasteiger partial charge in [0.05, 0.1) is 0 Å². The summed E-state index contributed by atoms with van der Waals surface area (Å²) in [5, 5.41) is 11.0. The first-order valence-electron chi connectivity index (χ1n) is 3.92. The van der Waals surface area contributed by atoms with Crippen LogP contribution in [0.1, 0.15) is 0 Å². The molecule has 0 atom stereocenters. The zero-order valence-electron chi connectivity index (χ0n) is 7.33. The summed E-state index contributed by atoms with van der Waals surface area (Å²) in [7, 11) is 1.59. The lowest BCUT2D eigenvalue weighted by atomic mass is 10.6. The molecule has 1 aromatic rings. The third kappa shape index (κ3) is 3.75. The minimum atomic E-state index is -0.166. The number of carbonyl (C=O) groups is 1. The second kappa shape index (κ2) is 5.36. The van der Waals surface area contributed by atoms with Crippen molar-refractivity contribution in [2.45, 2.75) is 0 Å². The van der Waals surface area contributed by atoms with Crippen molar-refractivity contribution >= 4 is 22.5 Å². The molecule has 0 unspecified atom stereocenters. The summed E-state index contributed by atoms with van der Waals surface area (Å²) >= 11 is 1.54. The molecule has 1 heterocycles. The van der Waals surface area contributed by atoms with Gasteiger partial charge in [-0.2, -0.15) is 0 Å². The number of hydrogen-bond acceptors (Lipinski definition) is 4. The maximum absolute atomic E-state index is 10.7. The molecule has 0 bridgehead atoms. The Morgan fingerprint density at radius 2 is 2.46 bits per heavy atom. The molecule has 5 nitrogen and oxygen atoms in total. The van der Waals surface area contributed by atoms with Gasteiger partial charge in [0, 0.05) is 31.7 Å². The van der Waals surface area contributed by atoms with Crippen LogP contribution in [0.2, 0.25) is 0 Å². The summed E-state index contributed by atoms with van der Waals surface area (Å²) in [6.07, 6.45) is 1.74. The van der Waals surface area contributed by atoms with Gasteiger partial charge in [-0.3, -0.25) is 0 Å². The van der Waals surface area contributed by atoms with Gasteiger partial charge in [-0.25, -0.2) is 9.78 Å². The fourth-order valence-corrected chi connectivity index (χ4v) is 1.30. The average Bonchev–Trinajstić information content (AvgIpc) is 2.64. The number of amides is 2. The molecule has 0 saturated carbocycles. The quantitative estimate of drug-likeness (QED) is 0.619. The molecule has 3 N–H and O–H groups in total. The number of anilines is 1. The van der Waals surface area contributed by atoms with Crippen LogP contribution in [0.4, 0.5) is 9.93 Å². The van der Waals surface area contributed by atoms with E-state index < -0.39 is 0 Å². The van der Waals surface area contributed by atoms with Crippen molar-refractivity contribution in [3.05, 3.63) is 11.6 Å². The van der Waals surface area contributed by atoms with E-state index in [0.29, 0.717) is 13.1 Å². The van der Waals surface area contributed by atoms with Crippen molar-refractivity contribution in [2.24, 2.45) is 0 Å². The number of urea groups is 1. The van der Waals surface area contributed by atoms with E-state index in [1.54, 1.807) is 13.2 Å². The first kappa shape index (κ1) is 9.79. The highest BCUT2D eigenvalue weighted by Gasteiger charge is 1.95. The lowest BCUT2D eigenvalue weighted by molar-refractivity contribution is 0.243. The number of rotatable bonds is 4. The molecule has 0 aromatic carbocycles. The first-order chi connectivity index (χ1) is 6.33. The summed E-state index contributed by atoms with van der Waals surface area (Å²) < 4.78 is 0. The molecule has 2 amide bonds. The highest BCUT2D eigenvalue weighted by molar-refractivity contribution is 7.13. The molecule has 0 saturated heterocycles. The number of hydrogen-bond donors (Lipinski definition) is 3. The number of nitrogens with zero attached hydrogens (tertiary/aromatic N) is 1. The Bertz CT molecular complexity index is 249. The number of nitrogens with one attached hydrogen (secondary N) is 3. The van der Waals surface area contributed by atoms with Crippen molar-refractivity contribution in [3.63, 3.8) is 0 Å². The Labute approximate surface area is 80.6 Å². The zero-order chi connectivity index (χ0) is 9.52. The number of aromatic nitrogens is 1. The van der Waals surface area contributed by atoms with Crippen LogP contribution < -0.4 is 16.0 Å². The van der Waals surface area contributed by atoms with Crippen LogP contribution in [-0.4, -0.2) is 31.2 Å². The molecule has 0 aliphatic rings. The van der Waals surface area contributed by atoms with E-state index >= 15 is 0 Å². The molecule has 0 aliphatic heterocycles. The zero-order valence-corrected chi connectivity index (χ0v) is 8.15. The standard InChI is InChI=1S/C7H12N4OS/c1-8-6(12)9-2-3-10-7-11-4-5-13-7/h4-5H,2-3H2,1H3,(H,10,11)(H2,8,9,12). The summed E-state index contributed by atoms with van der Waals surface area (Å²) in [4.78, 5) is 14.7. The van der Waals surface area contributed by atoms with Crippen LogP contribution in [0.15, 0.2) is 11.6 Å². The normalized spacial score (nSPS) is 9.31. The minimum Gasteiger partial charge on any atom is -0.360 e. The van der Waals surface area contributed by atoms with Gasteiger partial charge in [0.1, 0.15) is 0 Å². The lowest BCUT2D eigenvalue weighted by Gasteiger charge is -2.04. The number of carbonyl (C=O) groups excluding carboxylic acids is 1. The van der Waals surface area contributed by atoms with Crippen molar-refractivity contribution < 1.29 is 4.79 Å². The first-order valence-corrected chi connectivity index (χ1v) is 4.80. The summed E-state index contributed by atoms with van der Waals surface area (Å²) in [5.74, 6) is 0. The van der Waals surface area contributed by atoms with Crippen LogP contribution in [0, 0.1) is 0 Å². The van der Waals surface area contributed by atoms with Crippen molar-refractivity contribution in [3.8, 4) is 0 Å². The van der Waals surface area contributed by atoms with E-state index in [4.69, 9.17) is 0 Å². The summed E-state index contributed by atoms with van der Waals surface area (Å²) in [6, 6.07) is -0.166. The van der Waals surface area contributed by atoms with E-state index in [-0.39, 0.29) is 6.03 Å². The molecule has 1 aromatic heterocycles. The lowest BCUT2D eigenvalue weighted by Crippen LogP contribution is -2.35. The predicted molar refractivity (Wildman–Crippen MR) is 53.1 cm³/mol. The highest BCUT2D eigenvalue weighted by Crippen LogP contribution is 2.08. The maximum atomic E-state index is 10.7. The highest BCUT2D eigenvalue weighted by atomic mass is 32.1. The minimum absolute atomic E-state index is 0.166. The largest absolute Gasteiger partial charge is 0.360 e. The van der Waals surface area contributed by atoms with Crippen molar-refractivity contribution in [2.75, 3.05) is 25.5 Å². The smallest absolute Gasteiger partial charge is 0.314 e. The van der Waals surface area contributed by atoms with Gasteiger partial charge in [-0.1, -0.05) is 0 Å². The third-order valence-electron chi connectivity index (χ3n) is 1.35. The van der Waals surface area contributed by atoms with Gasteiger partial charge in [-0.05, 0) is 0 Å². The SMILES string of the molecule is CNC(=O)NCCNc1nccs1. The van der Waals surface area contributed by atoms with Gasteiger partial charge < -0.3 is 16.0 Å². The Kier molecular flexibility index (Phi) is 4.04. The fourth-order valence-electron chi connectivity index (χ4n) is 0.745. The third-order valence-corrected chi connectivity index (χ3v) is 2.08. The predicted octanol–water partition coefficient (Wildman–Crippen LogP) is 0.484. The van der Waals surface area contributed by atoms with Gasteiger partial charge in [0.25, 0.3) is 0 Å². The Morgan fingerprint density at radius 3 is 3.08 bits per heavy atom. The second-order valence-corrected chi connectivity index (χ2v) is 3.16. The van der Waals surface area contributed by atoms with Crippen LogP contribution in [0.25, 0.3) is 0 Å². The Morgan fingerprint density at radius 1 is 1.62 bits per heavy atom. The fraction of sp³-hybridized carbons (Fsp3) is 0.429. The molecule has 13 heavy (non-hydrogen) atoms. The molecule has 0 aliphatic carbocycles. The van der Waals surface area contributed by atoms with E-state index in [1.807, 2.05) is 5.38 Å². The molecular formula is C7H12N4OS. The van der Waals surface area contributed by atoms with Crippen LogP contribution >= 0.6 is 11.3 Å². The molecular weight excluding hydrogens is 188 g/mol. The summed E-state index contributed by atoms with van der Waals surface area (Å²) in [6.45, 7) is 1.26. The Balaban J connectivity index is 2.05.